The number of hydrogen-bond acceptors (Lipinski definition) is 4. The summed E-state index contributed by atoms with van der Waals surface area (Å²) in [5, 5.41) is 15.9. The Bertz CT molecular complexity index is 1870. The minimum atomic E-state index is -1.03. The molecule has 3 N–H and O–H groups in total. The number of carboxylic acid groups (broad SMARTS) is 1. The summed E-state index contributed by atoms with van der Waals surface area (Å²) in [5.41, 5.74) is 4.82. The predicted octanol–water partition coefficient (Wildman–Crippen LogP) is 7.28. The maximum Gasteiger partial charge on any atom is 0.328 e. The first kappa shape index (κ1) is 29.8. The van der Waals surface area contributed by atoms with E-state index in [4.69, 9.17) is 9.84 Å². The number of carbonyl (C=O) groups excluding carboxylic acids is 2. The Morgan fingerprint density at radius 3 is 2.46 bits per heavy atom. The summed E-state index contributed by atoms with van der Waals surface area (Å²) in [4.78, 5) is 38.1. The van der Waals surface area contributed by atoms with E-state index in [-0.39, 0.29) is 17.6 Å². The zero-order valence-corrected chi connectivity index (χ0v) is 25.5. The number of carbonyl (C=O) groups is 3. The lowest BCUT2D eigenvalue weighted by atomic mass is 9.75. The first-order chi connectivity index (χ1) is 22.3. The van der Waals surface area contributed by atoms with Crippen molar-refractivity contribution in [3.05, 3.63) is 89.2 Å². The van der Waals surface area contributed by atoms with Gasteiger partial charge in [-0.15, -0.1) is 0 Å². The molecule has 0 radical (unpaired) electrons. The van der Waals surface area contributed by atoms with Crippen LogP contribution in [-0.2, 0) is 16.1 Å². The average molecular weight is 622 g/mol. The van der Waals surface area contributed by atoms with Crippen molar-refractivity contribution in [3.63, 3.8) is 0 Å². The molecule has 2 heterocycles. The molecule has 2 amide bonds. The van der Waals surface area contributed by atoms with E-state index in [1.807, 2.05) is 18.2 Å². The lowest BCUT2D eigenvalue weighted by molar-refractivity contribution is -0.131. The van der Waals surface area contributed by atoms with Gasteiger partial charge >= 0.3 is 5.97 Å². The molecule has 2 fully saturated rings. The van der Waals surface area contributed by atoms with E-state index in [1.165, 1.54) is 43.0 Å². The number of carboxylic acids is 1. The highest BCUT2D eigenvalue weighted by Gasteiger charge is 2.45. The van der Waals surface area contributed by atoms with Crippen molar-refractivity contribution in [3.8, 4) is 17.0 Å². The molecule has 7 rings (SSSR count). The van der Waals surface area contributed by atoms with Gasteiger partial charge in [0.1, 0.15) is 23.7 Å². The van der Waals surface area contributed by atoms with Gasteiger partial charge in [-0.3, -0.25) is 9.59 Å². The molecule has 1 aromatic heterocycles. The van der Waals surface area contributed by atoms with Gasteiger partial charge in [0.2, 0.25) is 5.91 Å². The molecule has 8 nitrogen and oxygen atoms in total. The van der Waals surface area contributed by atoms with Crippen LogP contribution in [-0.4, -0.2) is 39.6 Å². The summed E-state index contributed by atoms with van der Waals surface area (Å²) in [6.07, 6.45) is 10.2. The Morgan fingerprint density at radius 1 is 0.957 bits per heavy atom. The SMILES string of the molecule is O=C(O)/C=C/c1ccc(NC(=O)C2(NC(=O)c3ccc4c(C5CCCCC5)c5n(c4c3)CCOc3cc(F)ccc3-5)CCC2)cc1. The van der Waals surface area contributed by atoms with Crippen molar-refractivity contribution >= 4 is 40.4 Å². The Kier molecular flexibility index (Phi) is 7.84. The number of aliphatic carboxylic acids is 1. The summed E-state index contributed by atoms with van der Waals surface area (Å²) < 4.78 is 22.5. The smallest absolute Gasteiger partial charge is 0.328 e. The topological polar surface area (TPSA) is 110 Å². The molecule has 0 saturated heterocycles. The largest absolute Gasteiger partial charge is 0.491 e. The van der Waals surface area contributed by atoms with Gasteiger partial charge in [0.15, 0.2) is 0 Å². The van der Waals surface area contributed by atoms with Gasteiger partial charge in [0.25, 0.3) is 5.91 Å². The summed E-state index contributed by atoms with van der Waals surface area (Å²) in [6, 6.07) is 17.4. The second-order valence-corrected chi connectivity index (χ2v) is 12.6. The molecule has 3 aromatic carbocycles. The molecule has 4 aromatic rings. The molecule has 46 heavy (non-hydrogen) atoms. The lowest BCUT2D eigenvalue weighted by Gasteiger charge is -2.40. The number of halogens is 1. The number of benzene rings is 3. The third kappa shape index (κ3) is 5.55. The van der Waals surface area contributed by atoms with Crippen LogP contribution < -0.4 is 15.4 Å². The molecule has 0 atom stereocenters. The molecule has 0 spiro atoms. The van der Waals surface area contributed by atoms with Crippen LogP contribution in [0.15, 0.2) is 66.7 Å². The van der Waals surface area contributed by atoms with E-state index in [2.05, 4.69) is 15.2 Å². The highest BCUT2D eigenvalue weighted by Crippen LogP contribution is 2.47. The molecular formula is C37H36FN3O5. The molecule has 0 unspecified atom stereocenters. The highest BCUT2D eigenvalue weighted by atomic mass is 19.1. The van der Waals surface area contributed by atoms with Crippen molar-refractivity contribution < 1.29 is 28.6 Å². The number of amides is 2. The minimum absolute atomic E-state index is 0.279. The van der Waals surface area contributed by atoms with Crippen LogP contribution in [0.3, 0.4) is 0 Å². The minimum Gasteiger partial charge on any atom is -0.491 e. The van der Waals surface area contributed by atoms with E-state index in [0.29, 0.717) is 54.5 Å². The molecule has 3 aliphatic rings. The number of aromatic nitrogens is 1. The van der Waals surface area contributed by atoms with Crippen LogP contribution in [0.25, 0.3) is 28.2 Å². The second kappa shape index (κ2) is 12.1. The molecule has 1 aliphatic heterocycles. The first-order valence-electron chi connectivity index (χ1n) is 16.1. The van der Waals surface area contributed by atoms with Gasteiger partial charge in [-0.2, -0.15) is 0 Å². The van der Waals surface area contributed by atoms with Gasteiger partial charge in [-0.25, -0.2) is 9.18 Å². The van der Waals surface area contributed by atoms with Gasteiger partial charge in [0.05, 0.1) is 12.2 Å². The fourth-order valence-corrected chi connectivity index (χ4v) is 7.23. The van der Waals surface area contributed by atoms with Crippen LogP contribution in [0.2, 0.25) is 0 Å². The van der Waals surface area contributed by atoms with Crippen LogP contribution in [0.1, 0.15) is 78.8 Å². The number of hydrogen-bond donors (Lipinski definition) is 3. The summed E-state index contributed by atoms with van der Waals surface area (Å²) >= 11 is 0. The second-order valence-electron chi connectivity index (χ2n) is 12.6. The van der Waals surface area contributed by atoms with Gasteiger partial charge < -0.3 is 25.0 Å². The van der Waals surface area contributed by atoms with Gasteiger partial charge in [-0.1, -0.05) is 37.5 Å². The van der Waals surface area contributed by atoms with Crippen LogP contribution >= 0.6 is 0 Å². The predicted molar refractivity (Wildman–Crippen MR) is 174 cm³/mol. The van der Waals surface area contributed by atoms with Gasteiger partial charge in [0, 0.05) is 39.9 Å². The van der Waals surface area contributed by atoms with Crippen molar-refractivity contribution in [2.75, 3.05) is 11.9 Å². The van der Waals surface area contributed by atoms with Crippen LogP contribution in [0, 0.1) is 5.82 Å². The molecule has 0 bridgehead atoms. The third-order valence-electron chi connectivity index (χ3n) is 9.73. The van der Waals surface area contributed by atoms with E-state index >= 15 is 0 Å². The van der Waals surface area contributed by atoms with E-state index in [0.717, 1.165) is 47.5 Å². The maximum atomic E-state index is 14.2. The third-order valence-corrected chi connectivity index (χ3v) is 9.73. The molecule has 2 aliphatic carbocycles. The zero-order valence-electron chi connectivity index (χ0n) is 25.5. The molecule has 2 saturated carbocycles. The highest BCUT2D eigenvalue weighted by molar-refractivity contribution is 6.06. The van der Waals surface area contributed by atoms with E-state index < -0.39 is 11.5 Å². The van der Waals surface area contributed by atoms with Crippen LogP contribution in [0.4, 0.5) is 10.1 Å². The Hall–Kier alpha value is -4.92. The fraction of sp³-hybridized carbons (Fsp3) is 0.324. The van der Waals surface area contributed by atoms with Crippen molar-refractivity contribution in [2.45, 2.75) is 69.4 Å². The number of rotatable bonds is 7. The molecule has 9 heteroatoms. The number of nitrogens with zero attached hydrogens (tertiary/aromatic N) is 1. The van der Waals surface area contributed by atoms with E-state index in [9.17, 15) is 18.8 Å². The zero-order chi connectivity index (χ0) is 31.8. The fourth-order valence-electron chi connectivity index (χ4n) is 7.23. The average Bonchev–Trinajstić information content (AvgIpc) is 3.24. The van der Waals surface area contributed by atoms with Crippen LogP contribution in [0.5, 0.6) is 5.75 Å². The number of nitrogens with one attached hydrogen (secondary N) is 2. The quantitative estimate of drug-likeness (QED) is 0.188. The summed E-state index contributed by atoms with van der Waals surface area (Å²) in [7, 11) is 0. The standard InChI is InChI=1S/C37H36FN3O5/c38-26-11-15-29-31(22-26)46-20-19-41-30-21-25(10-14-28(30)33(34(29)41)24-5-2-1-3-6-24)35(44)40-37(17-4-18-37)36(45)39-27-12-7-23(8-13-27)9-16-32(42)43/h7-16,21-22,24H,1-6,17-20H2,(H,39,45)(H,40,44)(H,42,43)/b16-9+. The van der Waals surface area contributed by atoms with Gasteiger partial charge in [-0.05, 0) is 91.6 Å². The Labute approximate surface area is 266 Å². The van der Waals surface area contributed by atoms with Crippen molar-refractivity contribution in [2.24, 2.45) is 0 Å². The molecular weight excluding hydrogens is 585 g/mol. The number of ether oxygens (including phenoxy) is 1. The van der Waals surface area contributed by atoms with Crippen molar-refractivity contribution in [1.82, 2.24) is 9.88 Å². The Balaban J connectivity index is 1.19. The van der Waals surface area contributed by atoms with E-state index in [1.54, 1.807) is 30.3 Å². The summed E-state index contributed by atoms with van der Waals surface area (Å²) in [6.45, 7) is 0.949. The number of anilines is 1. The maximum absolute atomic E-state index is 14.2. The monoisotopic (exact) mass is 621 g/mol. The molecule has 236 valence electrons. The first-order valence-corrected chi connectivity index (χ1v) is 16.1. The lowest BCUT2D eigenvalue weighted by Crippen LogP contribution is -2.61. The summed E-state index contributed by atoms with van der Waals surface area (Å²) in [5.74, 6) is -1.05. The Morgan fingerprint density at radius 2 is 1.74 bits per heavy atom. The van der Waals surface area contributed by atoms with Crippen molar-refractivity contribution in [1.29, 1.82) is 0 Å². The number of fused-ring (bicyclic) bond motifs is 5. The normalized spacial score (nSPS) is 17.3.